The van der Waals surface area contributed by atoms with Crippen LogP contribution in [-0.2, 0) is 4.79 Å². The molecule has 2 aliphatic rings. The molecule has 3 heterocycles. The van der Waals surface area contributed by atoms with E-state index in [1.54, 1.807) is 0 Å². The zero-order chi connectivity index (χ0) is 17.6. The number of benzene rings is 1. The van der Waals surface area contributed by atoms with Crippen LogP contribution in [0.15, 0.2) is 22.7 Å². The topological polar surface area (TPSA) is 56.3 Å². The van der Waals surface area contributed by atoms with Crippen molar-refractivity contribution in [3.8, 4) is 0 Å². The fraction of sp³-hybridized carbons (Fsp3) is 0.550. The van der Waals surface area contributed by atoms with Crippen LogP contribution in [0.5, 0.6) is 0 Å². The highest BCUT2D eigenvalue weighted by Gasteiger charge is 2.42. The molecule has 2 aromatic rings. The molecule has 0 radical (unpaired) electrons. The van der Waals surface area contributed by atoms with E-state index in [1.165, 1.54) is 41.4 Å². The number of carboxylic acid groups (broad SMARTS) is 1. The first-order valence-corrected chi connectivity index (χ1v) is 10.2. The van der Waals surface area contributed by atoms with Crippen LogP contribution in [0, 0.1) is 0 Å². The molecular formula is C20H25BrN2O2. The second-order valence-corrected chi connectivity index (χ2v) is 8.32. The smallest absolute Gasteiger partial charge is 0.303 e. The number of hydrogen-bond donors (Lipinski definition) is 2. The van der Waals surface area contributed by atoms with Crippen molar-refractivity contribution < 1.29 is 9.90 Å². The second-order valence-electron chi connectivity index (χ2n) is 7.41. The van der Waals surface area contributed by atoms with Crippen LogP contribution in [0.3, 0.4) is 0 Å². The van der Waals surface area contributed by atoms with E-state index in [9.17, 15) is 9.90 Å². The minimum atomic E-state index is -0.696. The van der Waals surface area contributed by atoms with Crippen LogP contribution in [0.4, 0.5) is 0 Å². The molecule has 1 aromatic heterocycles. The monoisotopic (exact) mass is 404 g/mol. The summed E-state index contributed by atoms with van der Waals surface area (Å²) < 4.78 is 1.08. The molecule has 0 amide bonds. The van der Waals surface area contributed by atoms with Crippen molar-refractivity contribution in [2.45, 2.75) is 63.5 Å². The highest BCUT2D eigenvalue weighted by atomic mass is 79.9. The van der Waals surface area contributed by atoms with Gasteiger partial charge in [-0.2, -0.15) is 0 Å². The van der Waals surface area contributed by atoms with E-state index in [2.05, 4.69) is 50.9 Å². The number of nitrogens with zero attached hydrogens (tertiary/aromatic N) is 1. The number of nitrogens with one attached hydrogen (secondary N) is 1. The Bertz CT molecular complexity index is 800. The van der Waals surface area contributed by atoms with Gasteiger partial charge in [0.05, 0.1) is 6.04 Å². The Morgan fingerprint density at radius 2 is 2.24 bits per heavy atom. The van der Waals surface area contributed by atoms with Gasteiger partial charge in [0.15, 0.2) is 0 Å². The van der Waals surface area contributed by atoms with Gasteiger partial charge in [0.1, 0.15) is 0 Å². The lowest BCUT2D eigenvalue weighted by Gasteiger charge is -2.48. The number of fused-ring (bicyclic) bond motifs is 5. The molecule has 1 aromatic carbocycles. The van der Waals surface area contributed by atoms with E-state index < -0.39 is 5.97 Å². The van der Waals surface area contributed by atoms with E-state index in [-0.39, 0.29) is 12.3 Å². The lowest BCUT2D eigenvalue weighted by atomic mass is 9.76. The van der Waals surface area contributed by atoms with Gasteiger partial charge < -0.3 is 10.1 Å². The van der Waals surface area contributed by atoms with Crippen LogP contribution < -0.4 is 0 Å². The van der Waals surface area contributed by atoms with Gasteiger partial charge >= 0.3 is 5.97 Å². The summed E-state index contributed by atoms with van der Waals surface area (Å²) in [7, 11) is 0. The Morgan fingerprint density at radius 3 is 3.00 bits per heavy atom. The van der Waals surface area contributed by atoms with Gasteiger partial charge in [-0.05, 0) is 56.0 Å². The van der Waals surface area contributed by atoms with Crippen molar-refractivity contribution in [1.82, 2.24) is 9.88 Å². The maximum absolute atomic E-state index is 11.3. The summed E-state index contributed by atoms with van der Waals surface area (Å²) in [6, 6.07) is 7.31. The number of carboxylic acids is 1. The van der Waals surface area contributed by atoms with Gasteiger partial charge in [-0.1, -0.05) is 29.3 Å². The molecule has 3 unspecified atom stereocenters. The summed E-state index contributed by atoms with van der Waals surface area (Å²) in [6.07, 6.45) is 5.74. The highest BCUT2D eigenvalue weighted by molar-refractivity contribution is 9.10. The molecule has 0 bridgehead atoms. The predicted molar refractivity (Wildman–Crippen MR) is 103 cm³/mol. The molecule has 4 nitrogen and oxygen atoms in total. The van der Waals surface area contributed by atoms with Gasteiger partial charge in [-0.15, -0.1) is 0 Å². The number of piperidine rings is 1. The Labute approximate surface area is 156 Å². The molecule has 1 fully saturated rings. The third kappa shape index (κ3) is 2.91. The Hall–Kier alpha value is -1.33. The summed E-state index contributed by atoms with van der Waals surface area (Å²) in [6.45, 7) is 3.38. The van der Waals surface area contributed by atoms with E-state index >= 15 is 0 Å². The molecule has 0 saturated carbocycles. The average Bonchev–Trinajstić information content (AvgIpc) is 2.98. The van der Waals surface area contributed by atoms with Gasteiger partial charge in [-0.3, -0.25) is 9.69 Å². The number of hydrogen-bond acceptors (Lipinski definition) is 2. The average molecular weight is 405 g/mol. The SMILES string of the molecule is CCC1C(CCC(=O)O)c2c([nH]c3ccc(Br)cc23)C2CCCCN21. The maximum atomic E-state index is 11.3. The highest BCUT2D eigenvalue weighted by Crippen LogP contribution is 2.49. The van der Waals surface area contributed by atoms with Gasteiger partial charge in [0, 0.05) is 39.5 Å². The van der Waals surface area contributed by atoms with Crippen molar-refractivity contribution in [2.75, 3.05) is 6.54 Å². The minimum Gasteiger partial charge on any atom is -0.481 e. The van der Waals surface area contributed by atoms with E-state index in [4.69, 9.17) is 0 Å². The Kier molecular flexibility index (Phi) is 4.63. The summed E-state index contributed by atoms with van der Waals surface area (Å²) in [4.78, 5) is 17.6. The fourth-order valence-corrected chi connectivity index (χ4v) is 5.45. The first-order valence-electron chi connectivity index (χ1n) is 9.38. The van der Waals surface area contributed by atoms with Crippen LogP contribution in [0.2, 0.25) is 0 Å². The zero-order valence-corrected chi connectivity index (χ0v) is 16.2. The molecule has 0 spiro atoms. The van der Waals surface area contributed by atoms with Crippen molar-refractivity contribution in [3.63, 3.8) is 0 Å². The summed E-state index contributed by atoms with van der Waals surface area (Å²) in [5, 5.41) is 10.5. The molecule has 2 aliphatic heterocycles. The van der Waals surface area contributed by atoms with Gasteiger partial charge in [0.25, 0.3) is 0 Å². The van der Waals surface area contributed by atoms with E-state index in [1.807, 2.05) is 0 Å². The first-order chi connectivity index (χ1) is 12.1. The molecule has 3 atom stereocenters. The maximum Gasteiger partial charge on any atom is 0.303 e. The quantitative estimate of drug-likeness (QED) is 0.735. The van der Waals surface area contributed by atoms with Crippen LogP contribution >= 0.6 is 15.9 Å². The molecular weight excluding hydrogens is 380 g/mol. The zero-order valence-electron chi connectivity index (χ0n) is 14.6. The lowest BCUT2D eigenvalue weighted by molar-refractivity contribution is -0.137. The van der Waals surface area contributed by atoms with E-state index in [0.717, 1.165) is 17.4 Å². The van der Waals surface area contributed by atoms with Crippen LogP contribution in [0.1, 0.15) is 68.7 Å². The van der Waals surface area contributed by atoms with Crippen molar-refractivity contribution >= 4 is 32.8 Å². The number of H-pyrrole nitrogens is 1. The molecule has 134 valence electrons. The molecule has 5 heteroatoms. The van der Waals surface area contributed by atoms with Crippen molar-refractivity contribution in [3.05, 3.63) is 33.9 Å². The Balaban J connectivity index is 1.88. The Morgan fingerprint density at radius 1 is 1.40 bits per heavy atom. The first kappa shape index (κ1) is 17.1. The van der Waals surface area contributed by atoms with Crippen LogP contribution in [-0.4, -0.2) is 33.5 Å². The van der Waals surface area contributed by atoms with Crippen molar-refractivity contribution in [1.29, 1.82) is 0 Å². The summed E-state index contributed by atoms with van der Waals surface area (Å²) in [5.41, 5.74) is 3.90. The standard InChI is InChI=1S/C20H25BrN2O2/c1-2-16-13(7-9-18(24)25)19-14-11-12(21)6-8-15(14)22-20(19)17-5-3-4-10-23(16)17/h6,8,11,13,16-17,22H,2-5,7,9-10H2,1H3,(H,24,25). The third-order valence-corrected chi connectivity index (χ3v) is 6.55. The molecule has 2 N–H and O–H groups in total. The molecule has 25 heavy (non-hydrogen) atoms. The van der Waals surface area contributed by atoms with Crippen molar-refractivity contribution in [2.24, 2.45) is 0 Å². The molecule has 4 rings (SSSR count). The molecule has 1 saturated heterocycles. The number of aromatic amines is 1. The number of halogens is 1. The fourth-order valence-electron chi connectivity index (χ4n) is 5.09. The largest absolute Gasteiger partial charge is 0.481 e. The lowest BCUT2D eigenvalue weighted by Crippen LogP contribution is -2.48. The second kappa shape index (κ2) is 6.76. The number of carbonyl (C=O) groups is 1. The number of rotatable bonds is 4. The van der Waals surface area contributed by atoms with Gasteiger partial charge in [0.2, 0.25) is 0 Å². The van der Waals surface area contributed by atoms with E-state index in [0.29, 0.717) is 18.5 Å². The van der Waals surface area contributed by atoms with Crippen LogP contribution in [0.25, 0.3) is 10.9 Å². The number of aliphatic carboxylic acids is 1. The summed E-state index contributed by atoms with van der Waals surface area (Å²) >= 11 is 3.61. The predicted octanol–water partition coefficient (Wildman–Crippen LogP) is 5.20. The normalized spacial score (nSPS) is 26.4. The minimum absolute atomic E-state index is 0.236. The number of aromatic nitrogens is 1. The third-order valence-electron chi connectivity index (χ3n) is 6.06. The molecule has 0 aliphatic carbocycles. The van der Waals surface area contributed by atoms with Gasteiger partial charge in [-0.25, -0.2) is 0 Å². The summed E-state index contributed by atoms with van der Waals surface area (Å²) in [5.74, 6) is -0.410.